The van der Waals surface area contributed by atoms with Gasteiger partial charge >= 0.3 is 0 Å². The maximum Gasteiger partial charge on any atom is 0.278 e. The summed E-state index contributed by atoms with van der Waals surface area (Å²) in [5.41, 5.74) is 3.32. The molecule has 0 atom stereocenters. The summed E-state index contributed by atoms with van der Waals surface area (Å²) in [5.74, 6) is 0.831. The summed E-state index contributed by atoms with van der Waals surface area (Å²) in [7, 11) is 1.75. The topological polar surface area (TPSA) is 39.3 Å². The second-order valence-electron chi connectivity index (χ2n) is 6.19. The number of halogens is 1. The first-order valence-electron chi connectivity index (χ1n) is 7.78. The Hall–Kier alpha value is -1.72. The molecule has 0 radical (unpaired) electrons. The molecule has 0 aliphatic carbocycles. The highest BCUT2D eigenvalue weighted by Crippen LogP contribution is 2.30. The highest BCUT2D eigenvalue weighted by molar-refractivity contribution is 7.98. The van der Waals surface area contributed by atoms with Crippen molar-refractivity contribution in [2.24, 2.45) is 7.05 Å². The average molecular weight is 362 g/mol. The first-order valence-corrected chi connectivity index (χ1v) is 9.38. The number of hydrogen-bond acceptors (Lipinski definition) is 3. The van der Waals surface area contributed by atoms with E-state index in [1.54, 1.807) is 27.9 Å². The molecule has 0 amide bonds. The predicted molar refractivity (Wildman–Crippen MR) is 101 cm³/mol. The van der Waals surface area contributed by atoms with Crippen LogP contribution >= 0.6 is 23.4 Å². The van der Waals surface area contributed by atoms with Gasteiger partial charge in [-0.15, -0.1) is 16.9 Å². The van der Waals surface area contributed by atoms with Crippen LogP contribution in [0.1, 0.15) is 31.0 Å². The lowest BCUT2D eigenvalue weighted by atomic mass is 10.1. The molecule has 0 saturated heterocycles. The average Bonchev–Trinajstić information content (AvgIpc) is 2.88. The number of rotatable bonds is 3. The van der Waals surface area contributed by atoms with Crippen molar-refractivity contribution in [2.45, 2.75) is 31.6 Å². The molecule has 0 fully saturated rings. The highest BCUT2D eigenvalue weighted by atomic mass is 35.5. The molecule has 6 heteroatoms. The maximum atomic E-state index is 13.0. The summed E-state index contributed by atoms with van der Waals surface area (Å²) >= 11 is 8.06. The molecule has 0 aliphatic heterocycles. The number of hydrogen-bond donors (Lipinski definition) is 0. The van der Waals surface area contributed by atoms with Crippen LogP contribution in [0.2, 0.25) is 5.02 Å². The number of fused-ring (bicyclic) bond motifs is 1. The van der Waals surface area contributed by atoms with Crippen LogP contribution in [0.3, 0.4) is 0 Å². The molecule has 3 aromatic rings. The van der Waals surface area contributed by atoms with Crippen LogP contribution in [0.5, 0.6) is 0 Å². The maximum absolute atomic E-state index is 13.0. The Labute approximate surface area is 150 Å². The van der Waals surface area contributed by atoms with Crippen LogP contribution in [0, 0.1) is 6.92 Å². The Balaban J connectivity index is 2.34. The lowest BCUT2D eigenvalue weighted by Crippen LogP contribution is -2.24. The van der Waals surface area contributed by atoms with Gasteiger partial charge in [0, 0.05) is 23.2 Å². The summed E-state index contributed by atoms with van der Waals surface area (Å²) in [6, 6.07) is 7.85. The third kappa shape index (κ3) is 2.66. The number of thioether (sulfide) groups is 1. The van der Waals surface area contributed by atoms with Crippen molar-refractivity contribution in [1.29, 1.82) is 0 Å². The minimum atomic E-state index is -0.0539. The quantitative estimate of drug-likeness (QED) is 0.644. The molecule has 0 bridgehead atoms. The lowest BCUT2D eigenvalue weighted by Gasteiger charge is -2.12. The van der Waals surface area contributed by atoms with Crippen molar-refractivity contribution in [3.05, 3.63) is 50.9 Å². The van der Waals surface area contributed by atoms with Crippen LogP contribution in [0.25, 0.3) is 16.9 Å². The van der Waals surface area contributed by atoms with Crippen LogP contribution in [0.4, 0.5) is 0 Å². The summed E-state index contributed by atoms with van der Waals surface area (Å²) in [6.07, 6.45) is 2.00. The Kier molecular flexibility index (Phi) is 4.49. The second-order valence-corrected chi connectivity index (χ2v) is 7.48. The van der Waals surface area contributed by atoms with E-state index < -0.39 is 0 Å². The van der Waals surface area contributed by atoms with Gasteiger partial charge in [0.05, 0.1) is 5.02 Å². The van der Waals surface area contributed by atoms with Gasteiger partial charge in [-0.3, -0.25) is 9.36 Å². The molecule has 0 N–H and O–H groups in total. The smallest absolute Gasteiger partial charge is 0.278 e. The molecular formula is C18H20ClN3OS. The minimum absolute atomic E-state index is 0.0539. The van der Waals surface area contributed by atoms with E-state index in [2.05, 4.69) is 13.8 Å². The number of aryl methyl sites for hydroxylation is 1. The molecule has 0 spiro atoms. The summed E-state index contributed by atoms with van der Waals surface area (Å²) < 4.78 is 3.33. The first-order chi connectivity index (χ1) is 11.3. The van der Waals surface area contributed by atoms with Gasteiger partial charge in [0.1, 0.15) is 5.52 Å². The predicted octanol–water partition coefficient (Wildman–Crippen LogP) is 4.51. The number of benzene rings is 1. The Morgan fingerprint density at radius 2 is 1.96 bits per heavy atom. The molecule has 0 aliphatic rings. The monoisotopic (exact) mass is 361 g/mol. The fraction of sp³-hybridized carbons (Fsp3) is 0.333. The van der Waals surface area contributed by atoms with Crippen LogP contribution in [0.15, 0.2) is 34.0 Å². The normalized spacial score (nSPS) is 11.6. The third-order valence-electron chi connectivity index (χ3n) is 4.24. The largest absolute Gasteiger partial charge is 0.292 e. The summed E-state index contributed by atoms with van der Waals surface area (Å²) in [6.45, 7) is 6.13. The van der Waals surface area contributed by atoms with Gasteiger partial charge in [-0.25, -0.2) is 4.52 Å². The molecule has 126 valence electrons. The van der Waals surface area contributed by atoms with Gasteiger partial charge in [-0.1, -0.05) is 25.4 Å². The van der Waals surface area contributed by atoms with E-state index in [-0.39, 0.29) is 11.5 Å². The fourth-order valence-electron chi connectivity index (χ4n) is 2.89. The molecular weight excluding hydrogens is 342 g/mol. The first kappa shape index (κ1) is 17.1. The van der Waals surface area contributed by atoms with Crippen molar-refractivity contribution in [3.8, 4) is 11.4 Å². The van der Waals surface area contributed by atoms with E-state index in [4.69, 9.17) is 16.7 Å². The van der Waals surface area contributed by atoms with E-state index in [0.29, 0.717) is 16.4 Å². The van der Waals surface area contributed by atoms with Crippen LogP contribution in [-0.2, 0) is 7.05 Å². The van der Waals surface area contributed by atoms with E-state index in [1.807, 2.05) is 37.4 Å². The lowest BCUT2D eigenvalue weighted by molar-refractivity contribution is 0.763. The van der Waals surface area contributed by atoms with Crippen molar-refractivity contribution < 1.29 is 0 Å². The molecule has 24 heavy (non-hydrogen) atoms. The van der Waals surface area contributed by atoms with Crippen molar-refractivity contribution in [1.82, 2.24) is 14.2 Å². The molecule has 2 heterocycles. The summed E-state index contributed by atoms with van der Waals surface area (Å²) in [4.78, 5) is 14.0. The van der Waals surface area contributed by atoms with Gasteiger partial charge in [-0.05, 0) is 48.9 Å². The number of aromatic nitrogens is 3. The van der Waals surface area contributed by atoms with Gasteiger partial charge in [0.2, 0.25) is 0 Å². The Morgan fingerprint density at radius 3 is 2.54 bits per heavy atom. The van der Waals surface area contributed by atoms with E-state index >= 15 is 0 Å². The van der Waals surface area contributed by atoms with Gasteiger partial charge in [0.15, 0.2) is 5.82 Å². The Morgan fingerprint density at radius 1 is 1.25 bits per heavy atom. The molecule has 1 aromatic carbocycles. The molecule has 0 saturated carbocycles. The zero-order chi connectivity index (χ0) is 17.6. The zero-order valence-electron chi connectivity index (χ0n) is 14.4. The Bertz CT molecular complexity index is 988. The highest BCUT2D eigenvalue weighted by Gasteiger charge is 2.19. The van der Waals surface area contributed by atoms with Crippen molar-refractivity contribution >= 4 is 28.9 Å². The molecule has 3 rings (SSSR count). The third-order valence-corrected chi connectivity index (χ3v) is 5.28. The number of nitrogens with zero attached hydrogens (tertiary/aromatic N) is 3. The van der Waals surface area contributed by atoms with Gasteiger partial charge in [-0.2, -0.15) is 0 Å². The van der Waals surface area contributed by atoms with Crippen molar-refractivity contribution in [3.63, 3.8) is 0 Å². The van der Waals surface area contributed by atoms with E-state index in [0.717, 1.165) is 21.7 Å². The van der Waals surface area contributed by atoms with Gasteiger partial charge in [0.25, 0.3) is 5.56 Å². The second kappa shape index (κ2) is 6.30. The van der Waals surface area contributed by atoms with Crippen LogP contribution < -0.4 is 5.56 Å². The molecule has 0 unspecified atom stereocenters. The van der Waals surface area contributed by atoms with E-state index in [9.17, 15) is 4.79 Å². The van der Waals surface area contributed by atoms with E-state index in [1.165, 1.54) is 0 Å². The van der Waals surface area contributed by atoms with Crippen LogP contribution in [-0.4, -0.2) is 20.4 Å². The molecule has 4 nitrogen and oxygen atoms in total. The standard InChI is InChI=1S/C18H20ClN3OS/c1-10(2)14-8-11(3)22-16(14)18(23)21(4)17(20-22)13-7-6-12(24-5)9-15(13)19/h6-10H,1-5H3. The minimum Gasteiger partial charge on any atom is -0.292 e. The van der Waals surface area contributed by atoms with Crippen molar-refractivity contribution in [2.75, 3.05) is 6.26 Å². The summed E-state index contributed by atoms with van der Waals surface area (Å²) in [5, 5.41) is 5.31. The zero-order valence-corrected chi connectivity index (χ0v) is 16.0. The van der Waals surface area contributed by atoms with Gasteiger partial charge < -0.3 is 0 Å². The fourth-order valence-corrected chi connectivity index (χ4v) is 3.66. The SMILES string of the molecule is CSc1ccc(-c2nn3c(C)cc(C(C)C)c3c(=O)n2C)c(Cl)c1. The molecule has 2 aromatic heterocycles.